The van der Waals surface area contributed by atoms with Gasteiger partial charge < -0.3 is 15.0 Å². The van der Waals surface area contributed by atoms with Gasteiger partial charge in [0.1, 0.15) is 6.61 Å². The van der Waals surface area contributed by atoms with Crippen molar-refractivity contribution < 1.29 is 32.0 Å². The maximum absolute atomic E-state index is 14.5. The van der Waals surface area contributed by atoms with Crippen molar-refractivity contribution in [3.8, 4) is 0 Å². The van der Waals surface area contributed by atoms with Crippen LogP contribution in [0.2, 0.25) is 20.1 Å². The smallest absolute Gasteiger partial charge is 0.391 e. The zero-order valence-corrected chi connectivity index (χ0v) is 25.2. The number of alkyl halides is 3. The summed E-state index contributed by atoms with van der Waals surface area (Å²) in [6.07, 6.45) is -4.35. The molecule has 0 saturated heterocycles. The molecule has 1 amide bonds. The van der Waals surface area contributed by atoms with Crippen LogP contribution in [0, 0.1) is 5.82 Å². The molecule has 228 valence electrons. The van der Waals surface area contributed by atoms with E-state index in [1.165, 1.54) is 18.3 Å². The first-order valence-electron chi connectivity index (χ1n) is 12.8. The zero-order valence-electron chi connectivity index (χ0n) is 22.2. The van der Waals surface area contributed by atoms with Crippen molar-refractivity contribution in [1.82, 2.24) is 5.32 Å². The molecule has 0 saturated carbocycles. The Morgan fingerprint density at radius 1 is 0.977 bits per heavy atom. The molecular weight excluding hydrogens is 668 g/mol. The summed E-state index contributed by atoms with van der Waals surface area (Å²) in [4.78, 5) is 23.3. The summed E-state index contributed by atoms with van der Waals surface area (Å²) in [6, 6.07) is 16.3. The van der Waals surface area contributed by atoms with Crippen molar-refractivity contribution in [2.75, 3.05) is 6.54 Å². The Balaban J connectivity index is 1.32. The van der Waals surface area contributed by atoms with E-state index in [1.807, 2.05) is 0 Å². The number of benzene rings is 4. The van der Waals surface area contributed by atoms with Gasteiger partial charge in [-0.3, -0.25) is 4.79 Å². The molecule has 0 bridgehead atoms. The molecule has 0 spiro atoms. The number of nitrogens with zero attached hydrogens (tertiary/aromatic N) is 2. The standard InChI is InChI=1S/C30H19Cl4F4N3O3/c31-22-8-5-16(11-23(22)32)15-43-40-10-9-39-28(42)21-7-6-20(18-3-1-2-4-19(18)21)26-14-29(44-41-26,30(36,37)38)17-12-24(33)27(35)25(34)13-17/h1-8,10-13H,9,14-15H2,(H,39,42). The Morgan fingerprint density at radius 2 is 1.68 bits per heavy atom. The summed E-state index contributed by atoms with van der Waals surface area (Å²) in [5.74, 6) is -1.50. The van der Waals surface area contributed by atoms with Crippen molar-refractivity contribution in [3.05, 3.63) is 115 Å². The molecule has 0 radical (unpaired) electrons. The molecule has 5 rings (SSSR count). The van der Waals surface area contributed by atoms with E-state index in [0.717, 1.165) is 17.7 Å². The predicted molar refractivity (Wildman–Crippen MR) is 162 cm³/mol. The maximum Gasteiger partial charge on any atom is 0.435 e. The molecule has 4 aromatic carbocycles. The number of hydrogen-bond acceptors (Lipinski definition) is 5. The molecule has 0 aromatic heterocycles. The fourth-order valence-corrected chi connectivity index (χ4v) is 5.46. The van der Waals surface area contributed by atoms with Gasteiger partial charge >= 0.3 is 6.18 Å². The number of oxime groups is 2. The SMILES string of the molecule is O=C(NCC=NOCc1ccc(Cl)c(Cl)c1)c1ccc(C2=NOC(c3cc(Cl)c(F)c(Cl)c3)(C(F)(F)F)C2)c2ccccc12. The minimum Gasteiger partial charge on any atom is -0.391 e. The molecule has 6 nitrogen and oxygen atoms in total. The number of amides is 1. The zero-order chi connectivity index (χ0) is 31.6. The third-order valence-electron chi connectivity index (χ3n) is 6.83. The molecule has 4 aromatic rings. The number of carbonyl (C=O) groups is 1. The minimum atomic E-state index is -4.97. The van der Waals surface area contributed by atoms with Crippen molar-refractivity contribution >= 4 is 75.0 Å². The van der Waals surface area contributed by atoms with Gasteiger partial charge in [0.05, 0.1) is 38.6 Å². The Morgan fingerprint density at radius 3 is 2.36 bits per heavy atom. The van der Waals surface area contributed by atoms with Gasteiger partial charge in [0.2, 0.25) is 0 Å². The third-order valence-corrected chi connectivity index (χ3v) is 8.12. The quantitative estimate of drug-likeness (QED) is 0.0870. The first-order valence-corrected chi connectivity index (χ1v) is 14.3. The lowest BCUT2D eigenvalue weighted by Crippen LogP contribution is -2.42. The third kappa shape index (κ3) is 6.30. The molecule has 1 aliphatic rings. The summed E-state index contributed by atoms with van der Waals surface area (Å²) in [6.45, 7) is 0.172. The summed E-state index contributed by atoms with van der Waals surface area (Å²) in [7, 11) is 0. The van der Waals surface area contributed by atoms with Gasteiger partial charge in [-0.15, -0.1) is 0 Å². The van der Waals surface area contributed by atoms with Gasteiger partial charge in [-0.25, -0.2) is 4.39 Å². The van der Waals surface area contributed by atoms with Crippen LogP contribution in [-0.4, -0.2) is 30.6 Å². The van der Waals surface area contributed by atoms with E-state index in [2.05, 4.69) is 15.6 Å². The summed E-state index contributed by atoms with van der Waals surface area (Å²) < 4.78 is 57.5. The van der Waals surface area contributed by atoms with E-state index in [1.54, 1.807) is 42.5 Å². The van der Waals surface area contributed by atoms with Crippen LogP contribution in [0.25, 0.3) is 10.8 Å². The highest BCUT2D eigenvalue weighted by molar-refractivity contribution is 6.42. The summed E-state index contributed by atoms with van der Waals surface area (Å²) in [5, 5.41) is 10.9. The Labute approximate surface area is 268 Å². The minimum absolute atomic E-state index is 0.0340. The topological polar surface area (TPSA) is 72.3 Å². The van der Waals surface area contributed by atoms with Crippen LogP contribution in [-0.2, 0) is 21.9 Å². The van der Waals surface area contributed by atoms with Crippen LogP contribution in [0.4, 0.5) is 17.6 Å². The second-order valence-corrected chi connectivity index (χ2v) is 11.2. The van der Waals surface area contributed by atoms with E-state index >= 15 is 0 Å². The largest absolute Gasteiger partial charge is 0.435 e. The van der Waals surface area contributed by atoms with Crippen molar-refractivity contribution in [1.29, 1.82) is 0 Å². The molecular formula is C30H19Cl4F4N3O3. The van der Waals surface area contributed by atoms with Crippen LogP contribution in [0.1, 0.15) is 33.5 Å². The number of nitrogens with one attached hydrogen (secondary N) is 1. The molecule has 14 heteroatoms. The van der Waals surface area contributed by atoms with Gasteiger partial charge in [0.15, 0.2) is 5.82 Å². The average Bonchev–Trinajstić information content (AvgIpc) is 3.45. The Hall–Kier alpha value is -3.57. The van der Waals surface area contributed by atoms with Crippen molar-refractivity contribution in [3.63, 3.8) is 0 Å². The first kappa shape index (κ1) is 31.8. The maximum atomic E-state index is 14.5. The lowest BCUT2D eigenvalue weighted by Gasteiger charge is -2.29. The van der Waals surface area contributed by atoms with E-state index in [-0.39, 0.29) is 24.4 Å². The first-order chi connectivity index (χ1) is 20.9. The second kappa shape index (κ2) is 12.8. The molecule has 0 aliphatic carbocycles. The van der Waals surface area contributed by atoms with Gasteiger partial charge in [0, 0.05) is 23.1 Å². The van der Waals surface area contributed by atoms with Crippen LogP contribution >= 0.6 is 46.4 Å². The number of fused-ring (bicyclic) bond motifs is 1. The average molecular weight is 687 g/mol. The lowest BCUT2D eigenvalue weighted by molar-refractivity contribution is -0.275. The predicted octanol–water partition coefficient (Wildman–Crippen LogP) is 9.11. The highest BCUT2D eigenvalue weighted by atomic mass is 35.5. The lowest BCUT2D eigenvalue weighted by atomic mass is 9.85. The van der Waals surface area contributed by atoms with E-state index < -0.39 is 45.5 Å². The van der Waals surface area contributed by atoms with Crippen LogP contribution < -0.4 is 5.32 Å². The fraction of sp³-hybridized carbons (Fsp3) is 0.167. The van der Waals surface area contributed by atoms with Crippen molar-refractivity contribution in [2.45, 2.75) is 24.8 Å². The number of halogens is 8. The summed E-state index contributed by atoms with van der Waals surface area (Å²) in [5.41, 5.74) is -2.15. The molecule has 1 aliphatic heterocycles. The highest BCUT2D eigenvalue weighted by Crippen LogP contribution is 2.50. The van der Waals surface area contributed by atoms with Gasteiger partial charge in [-0.05, 0) is 46.7 Å². The molecule has 1 unspecified atom stereocenters. The Bertz CT molecular complexity index is 1790. The number of rotatable bonds is 8. The van der Waals surface area contributed by atoms with Crippen molar-refractivity contribution in [2.24, 2.45) is 10.3 Å². The number of hydrogen-bond donors (Lipinski definition) is 1. The van der Waals surface area contributed by atoms with Gasteiger partial charge in [-0.1, -0.05) is 93.1 Å². The highest BCUT2D eigenvalue weighted by Gasteiger charge is 2.62. The van der Waals surface area contributed by atoms with Gasteiger partial charge in [0.25, 0.3) is 11.5 Å². The van der Waals surface area contributed by atoms with E-state index in [9.17, 15) is 22.4 Å². The van der Waals surface area contributed by atoms with Crippen LogP contribution in [0.5, 0.6) is 0 Å². The fourth-order valence-electron chi connectivity index (χ4n) is 4.65. The summed E-state index contributed by atoms with van der Waals surface area (Å²) >= 11 is 23.5. The van der Waals surface area contributed by atoms with E-state index in [4.69, 9.17) is 56.1 Å². The number of carbonyl (C=O) groups excluding carboxylic acids is 1. The van der Waals surface area contributed by atoms with Crippen LogP contribution in [0.3, 0.4) is 0 Å². The Kier molecular flexibility index (Phi) is 9.27. The van der Waals surface area contributed by atoms with Gasteiger partial charge in [-0.2, -0.15) is 13.2 Å². The molecule has 1 N–H and O–H groups in total. The molecule has 1 atom stereocenters. The molecule has 0 fully saturated rings. The van der Waals surface area contributed by atoms with E-state index in [0.29, 0.717) is 26.4 Å². The normalized spacial score (nSPS) is 16.7. The van der Waals surface area contributed by atoms with Crippen LogP contribution in [0.15, 0.2) is 77.0 Å². The second-order valence-electron chi connectivity index (χ2n) is 9.61. The monoisotopic (exact) mass is 685 g/mol. The molecule has 1 heterocycles. The molecule has 44 heavy (non-hydrogen) atoms.